The van der Waals surface area contributed by atoms with Crippen molar-refractivity contribution in [2.75, 3.05) is 0 Å². The average molecular weight is 710 g/mol. The number of para-hydroxylation sites is 4. The Labute approximate surface area is 318 Å². The van der Waals surface area contributed by atoms with Gasteiger partial charge in [-0.25, -0.2) is 4.98 Å². The van der Waals surface area contributed by atoms with Crippen molar-refractivity contribution in [1.82, 2.24) is 14.1 Å². The third-order valence-corrected chi connectivity index (χ3v) is 13.9. The Balaban J connectivity index is 0.967. The molecule has 4 aliphatic rings. The molecule has 4 nitrogen and oxygen atoms in total. The molecule has 0 radical (unpaired) electrons. The smallest absolute Gasteiger partial charge is 0.143 e. The molecule has 4 bridgehead atoms. The van der Waals surface area contributed by atoms with Crippen LogP contribution in [0.4, 0.5) is 0 Å². The van der Waals surface area contributed by atoms with Gasteiger partial charge in [0.25, 0.3) is 0 Å². The average Bonchev–Trinajstić information content (AvgIpc) is 3.88. The Bertz CT molecular complexity index is 3170. The molecule has 10 aromatic rings. The van der Waals surface area contributed by atoms with Gasteiger partial charge in [0.15, 0.2) is 0 Å². The van der Waals surface area contributed by atoms with Gasteiger partial charge in [0.05, 0.1) is 22.1 Å². The molecule has 0 unspecified atom stereocenters. The predicted octanol–water partition coefficient (Wildman–Crippen LogP) is 13.3. The van der Waals surface area contributed by atoms with Crippen LogP contribution in [0.1, 0.15) is 44.1 Å². The van der Waals surface area contributed by atoms with Crippen LogP contribution in [0, 0.1) is 17.8 Å². The van der Waals surface area contributed by atoms with Crippen molar-refractivity contribution >= 4 is 65.6 Å². The largest absolute Gasteiger partial charge is 0.455 e. The molecule has 0 amide bonds. The summed E-state index contributed by atoms with van der Waals surface area (Å²) in [7, 11) is 0. The van der Waals surface area contributed by atoms with E-state index >= 15 is 0 Å². The van der Waals surface area contributed by atoms with Crippen LogP contribution < -0.4 is 0 Å². The molecule has 0 atom stereocenters. The number of fused-ring (bicyclic) bond motifs is 9. The summed E-state index contributed by atoms with van der Waals surface area (Å²) in [6, 6.07) is 53.2. The number of pyridine rings is 1. The van der Waals surface area contributed by atoms with Crippen LogP contribution in [-0.2, 0) is 5.41 Å². The third-order valence-electron chi connectivity index (χ3n) is 13.9. The highest BCUT2D eigenvalue weighted by Gasteiger charge is 2.51. The molecule has 6 aromatic carbocycles. The van der Waals surface area contributed by atoms with Gasteiger partial charge in [0.1, 0.15) is 22.8 Å². The van der Waals surface area contributed by atoms with E-state index in [1.165, 1.54) is 71.1 Å². The van der Waals surface area contributed by atoms with Crippen LogP contribution >= 0.6 is 0 Å². The standard InChI is InChI=1S/C51H39N3O/c1-4-14-43-37(9-1)41-26-34(36-12-7-13-40-39-11-3-6-16-47(39)55-50(36)40)19-21-45(41)53(43)48-17-8-18-49(52-48)54-44-15-5-2-10-38(44)42-27-35(20-22-46(42)54)51-28-31-23-32(29-51)25-33(24-31)30-51/h1-22,26-27,31-33H,23-25,28-30H2. The molecule has 0 N–H and O–H groups in total. The van der Waals surface area contributed by atoms with E-state index in [2.05, 4.69) is 149 Å². The summed E-state index contributed by atoms with van der Waals surface area (Å²) >= 11 is 0. The molecule has 0 saturated heterocycles. The highest BCUT2D eigenvalue weighted by atomic mass is 16.3. The van der Waals surface area contributed by atoms with Gasteiger partial charge in [-0.05, 0) is 127 Å². The van der Waals surface area contributed by atoms with Crippen molar-refractivity contribution < 1.29 is 4.42 Å². The summed E-state index contributed by atoms with van der Waals surface area (Å²) in [5.41, 5.74) is 10.7. The number of nitrogens with zero attached hydrogens (tertiary/aromatic N) is 3. The monoisotopic (exact) mass is 709 g/mol. The maximum absolute atomic E-state index is 6.46. The van der Waals surface area contributed by atoms with Crippen molar-refractivity contribution in [2.45, 2.75) is 43.9 Å². The summed E-state index contributed by atoms with van der Waals surface area (Å²) in [4.78, 5) is 5.49. The highest BCUT2D eigenvalue weighted by Crippen LogP contribution is 2.61. The number of hydrogen-bond acceptors (Lipinski definition) is 2. The lowest BCUT2D eigenvalue weighted by molar-refractivity contribution is -0.00512. The molecule has 264 valence electrons. The first-order valence-corrected chi connectivity index (χ1v) is 20.1. The van der Waals surface area contributed by atoms with Crippen molar-refractivity contribution in [3.8, 4) is 22.8 Å². The fraction of sp³-hybridized carbons (Fsp3) is 0.196. The van der Waals surface area contributed by atoms with Crippen LogP contribution in [0.3, 0.4) is 0 Å². The van der Waals surface area contributed by atoms with Gasteiger partial charge in [-0.1, -0.05) is 91.0 Å². The minimum atomic E-state index is 0.360. The second-order valence-electron chi connectivity index (χ2n) is 17.0. The summed E-state index contributed by atoms with van der Waals surface area (Å²) in [5.74, 6) is 4.62. The molecule has 4 saturated carbocycles. The minimum Gasteiger partial charge on any atom is -0.455 e. The van der Waals surface area contributed by atoms with Crippen LogP contribution in [0.25, 0.3) is 88.3 Å². The molecule has 4 heterocycles. The maximum Gasteiger partial charge on any atom is 0.143 e. The van der Waals surface area contributed by atoms with E-state index < -0.39 is 0 Å². The van der Waals surface area contributed by atoms with Gasteiger partial charge in [0.2, 0.25) is 0 Å². The number of aromatic nitrogens is 3. The fourth-order valence-electron chi connectivity index (χ4n) is 12.0. The van der Waals surface area contributed by atoms with Gasteiger partial charge in [-0.3, -0.25) is 9.13 Å². The van der Waals surface area contributed by atoms with Crippen molar-refractivity contribution in [3.63, 3.8) is 0 Å². The lowest BCUT2D eigenvalue weighted by atomic mass is 9.48. The van der Waals surface area contributed by atoms with Gasteiger partial charge in [0, 0.05) is 37.9 Å². The van der Waals surface area contributed by atoms with E-state index in [0.717, 1.165) is 73.5 Å². The van der Waals surface area contributed by atoms with Gasteiger partial charge >= 0.3 is 0 Å². The van der Waals surface area contributed by atoms with Crippen molar-refractivity contribution in [3.05, 3.63) is 151 Å². The number of benzene rings is 6. The van der Waals surface area contributed by atoms with Gasteiger partial charge in [-0.2, -0.15) is 0 Å². The van der Waals surface area contributed by atoms with Crippen molar-refractivity contribution in [2.24, 2.45) is 17.8 Å². The van der Waals surface area contributed by atoms with Gasteiger partial charge in [-0.15, -0.1) is 0 Å². The molecule has 4 aliphatic carbocycles. The Morgan fingerprint density at radius 3 is 1.71 bits per heavy atom. The van der Waals surface area contributed by atoms with E-state index in [1.807, 2.05) is 6.07 Å². The summed E-state index contributed by atoms with van der Waals surface area (Å²) < 4.78 is 11.2. The third kappa shape index (κ3) is 4.25. The highest BCUT2D eigenvalue weighted by molar-refractivity contribution is 6.13. The normalized spacial score (nSPS) is 22.0. The first-order chi connectivity index (χ1) is 27.2. The van der Waals surface area contributed by atoms with E-state index in [1.54, 1.807) is 5.56 Å². The number of hydrogen-bond donors (Lipinski definition) is 0. The molecule has 0 spiro atoms. The number of rotatable bonds is 4. The Hall–Kier alpha value is -6.13. The molecule has 4 aromatic heterocycles. The molecule has 4 heteroatoms. The fourth-order valence-corrected chi connectivity index (χ4v) is 12.0. The second kappa shape index (κ2) is 11.0. The topological polar surface area (TPSA) is 35.9 Å². The van der Waals surface area contributed by atoms with Crippen LogP contribution in [-0.4, -0.2) is 14.1 Å². The Morgan fingerprint density at radius 2 is 1.02 bits per heavy atom. The van der Waals surface area contributed by atoms with Crippen molar-refractivity contribution in [1.29, 1.82) is 0 Å². The summed E-state index contributed by atoms with van der Waals surface area (Å²) in [5, 5.41) is 7.35. The summed E-state index contributed by atoms with van der Waals surface area (Å²) in [6.07, 6.45) is 8.53. The van der Waals surface area contributed by atoms with Crippen LogP contribution in [0.15, 0.2) is 150 Å². The lowest BCUT2D eigenvalue weighted by Gasteiger charge is -2.57. The lowest BCUT2D eigenvalue weighted by Crippen LogP contribution is -2.48. The molecule has 14 rings (SSSR count). The first-order valence-electron chi connectivity index (χ1n) is 20.1. The minimum absolute atomic E-state index is 0.360. The Morgan fingerprint density at radius 1 is 0.473 bits per heavy atom. The van der Waals surface area contributed by atoms with Crippen LogP contribution in [0.5, 0.6) is 0 Å². The van der Waals surface area contributed by atoms with Gasteiger partial charge < -0.3 is 4.42 Å². The Kier molecular flexibility index (Phi) is 6.03. The van der Waals surface area contributed by atoms with E-state index in [4.69, 9.17) is 9.40 Å². The van der Waals surface area contributed by atoms with Crippen LogP contribution in [0.2, 0.25) is 0 Å². The van der Waals surface area contributed by atoms with E-state index in [9.17, 15) is 0 Å². The SMILES string of the molecule is c1cc(-n2c3ccccc3c3cc(-c4cccc5c4oc4ccccc45)ccc32)nc(-n2c3ccccc3c3cc(C45CC6CC(CC(C6)C4)C5)ccc32)c1. The summed E-state index contributed by atoms with van der Waals surface area (Å²) in [6.45, 7) is 0. The van der Waals surface area contributed by atoms with E-state index in [0.29, 0.717) is 5.41 Å². The maximum atomic E-state index is 6.46. The molecule has 0 aliphatic heterocycles. The predicted molar refractivity (Wildman–Crippen MR) is 225 cm³/mol. The molecule has 4 fully saturated rings. The zero-order chi connectivity index (χ0) is 35.8. The zero-order valence-electron chi connectivity index (χ0n) is 30.6. The number of furan rings is 1. The molecule has 55 heavy (non-hydrogen) atoms. The second-order valence-corrected chi connectivity index (χ2v) is 17.0. The molecular weight excluding hydrogens is 671 g/mol. The van der Waals surface area contributed by atoms with E-state index in [-0.39, 0.29) is 0 Å². The quantitative estimate of drug-likeness (QED) is 0.182. The zero-order valence-corrected chi connectivity index (χ0v) is 30.6. The first kappa shape index (κ1) is 30.2. The molecular formula is C51H39N3O.